The molecule has 70 valence electrons. The molecule has 7 heteroatoms. The van der Waals surface area contributed by atoms with E-state index in [-0.39, 0.29) is 0 Å². The summed E-state index contributed by atoms with van der Waals surface area (Å²) in [5, 5.41) is 19.2. The standard InChI is InChI=1S/C5H10N2O5/c1-4(12-7(10)11)5(2,3)6(8)9/h4H,1-3H3. The smallest absolute Gasteiger partial charge is 0.295 e. The molecule has 0 N–H and O–H groups in total. The fourth-order valence-electron chi connectivity index (χ4n) is 0.407. The van der Waals surface area contributed by atoms with Crippen molar-refractivity contribution in [2.75, 3.05) is 0 Å². The molecule has 0 amide bonds. The molecule has 0 saturated carbocycles. The van der Waals surface area contributed by atoms with Crippen LogP contribution in [0.3, 0.4) is 0 Å². The average Bonchev–Trinajstić information content (AvgIpc) is 1.85. The molecule has 1 unspecified atom stereocenters. The van der Waals surface area contributed by atoms with Gasteiger partial charge in [-0.05, 0) is 6.92 Å². The molecule has 1 atom stereocenters. The molecule has 0 rings (SSSR count). The van der Waals surface area contributed by atoms with Crippen LogP contribution in [0.5, 0.6) is 0 Å². The topological polar surface area (TPSA) is 95.5 Å². The van der Waals surface area contributed by atoms with Crippen molar-refractivity contribution < 1.29 is 14.8 Å². The van der Waals surface area contributed by atoms with E-state index in [1.807, 2.05) is 0 Å². The fraction of sp³-hybridized carbons (Fsp3) is 1.00. The summed E-state index contributed by atoms with van der Waals surface area (Å²) in [6.07, 6.45) is -1.07. The lowest BCUT2D eigenvalue weighted by atomic mass is 10.0. The lowest BCUT2D eigenvalue weighted by molar-refractivity contribution is -0.781. The molecular weight excluding hydrogens is 168 g/mol. The second-order valence-electron chi connectivity index (χ2n) is 2.88. The van der Waals surface area contributed by atoms with Crippen LogP contribution in [0.1, 0.15) is 20.8 Å². The van der Waals surface area contributed by atoms with Crippen molar-refractivity contribution in [2.24, 2.45) is 0 Å². The Morgan fingerprint density at radius 2 is 1.75 bits per heavy atom. The first kappa shape index (κ1) is 10.6. The van der Waals surface area contributed by atoms with Crippen LogP contribution >= 0.6 is 0 Å². The van der Waals surface area contributed by atoms with Crippen LogP contribution in [0.15, 0.2) is 0 Å². The number of hydrogen-bond acceptors (Lipinski definition) is 5. The predicted octanol–water partition coefficient (Wildman–Crippen LogP) is 0.638. The lowest BCUT2D eigenvalue weighted by Gasteiger charge is -2.20. The maximum absolute atomic E-state index is 10.3. The van der Waals surface area contributed by atoms with Crippen LogP contribution in [0, 0.1) is 20.2 Å². The van der Waals surface area contributed by atoms with Crippen LogP contribution in [-0.2, 0) is 4.84 Å². The van der Waals surface area contributed by atoms with Crippen LogP contribution in [0.25, 0.3) is 0 Å². The van der Waals surface area contributed by atoms with Crippen LogP contribution in [0.4, 0.5) is 0 Å². The zero-order valence-corrected chi connectivity index (χ0v) is 7.01. The Morgan fingerprint density at radius 3 is 2.00 bits per heavy atom. The minimum Gasteiger partial charge on any atom is -0.303 e. The highest BCUT2D eigenvalue weighted by molar-refractivity contribution is 4.73. The molecule has 0 saturated heterocycles. The van der Waals surface area contributed by atoms with Gasteiger partial charge in [0.25, 0.3) is 5.09 Å². The molecule has 0 bridgehead atoms. The second-order valence-corrected chi connectivity index (χ2v) is 2.88. The van der Waals surface area contributed by atoms with Crippen LogP contribution in [-0.4, -0.2) is 21.7 Å². The highest BCUT2D eigenvalue weighted by atomic mass is 17.0. The fourth-order valence-corrected chi connectivity index (χ4v) is 0.407. The van der Waals surface area contributed by atoms with Gasteiger partial charge in [-0.25, -0.2) is 0 Å². The molecule has 12 heavy (non-hydrogen) atoms. The van der Waals surface area contributed by atoms with Gasteiger partial charge >= 0.3 is 0 Å². The van der Waals surface area contributed by atoms with Crippen molar-refractivity contribution in [1.82, 2.24) is 0 Å². The van der Waals surface area contributed by atoms with Gasteiger partial charge in [0.05, 0.1) is 0 Å². The molecular formula is C5H10N2O5. The van der Waals surface area contributed by atoms with Gasteiger partial charge < -0.3 is 4.84 Å². The zero-order valence-electron chi connectivity index (χ0n) is 7.01. The molecule has 0 radical (unpaired) electrons. The largest absolute Gasteiger partial charge is 0.303 e. The summed E-state index contributed by atoms with van der Waals surface area (Å²) < 4.78 is 0. The number of hydrogen-bond donors (Lipinski definition) is 0. The van der Waals surface area contributed by atoms with Gasteiger partial charge in [-0.1, -0.05) is 0 Å². The van der Waals surface area contributed by atoms with E-state index in [0.29, 0.717) is 0 Å². The normalized spacial score (nSPS) is 13.6. The van der Waals surface area contributed by atoms with E-state index in [9.17, 15) is 20.2 Å². The summed E-state index contributed by atoms with van der Waals surface area (Å²) in [7, 11) is 0. The third-order valence-electron chi connectivity index (χ3n) is 1.71. The van der Waals surface area contributed by atoms with Crippen molar-refractivity contribution >= 4 is 0 Å². The van der Waals surface area contributed by atoms with Crippen molar-refractivity contribution in [3.05, 3.63) is 20.2 Å². The highest BCUT2D eigenvalue weighted by Gasteiger charge is 2.40. The predicted molar refractivity (Wildman–Crippen MR) is 38.6 cm³/mol. The Labute approximate surface area is 68.6 Å². The Bertz CT molecular complexity index is 202. The number of nitro groups is 1. The van der Waals surface area contributed by atoms with Crippen molar-refractivity contribution in [1.29, 1.82) is 0 Å². The monoisotopic (exact) mass is 178 g/mol. The van der Waals surface area contributed by atoms with Crippen molar-refractivity contribution in [2.45, 2.75) is 32.4 Å². The molecule has 0 fully saturated rings. The summed E-state index contributed by atoms with van der Waals surface area (Å²) in [6.45, 7) is 3.81. The summed E-state index contributed by atoms with van der Waals surface area (Å²) in [4.78, 5) is 23.6. The van der Waals surface area contributed by atoms with Gasteiger partial charge in [0.15, 0.2) is 6.10 Å². The van der Waals surface area contributed by atoms with Gasteiger partial charge in [0, 0.05) is 18.8 Å². The van der Waals surface area contributed by atoms with Crippen molar-refractivity contribution in [3.8, 4) is 0 Å². The second kappa shape index (κ2) is 3.33. The Hall–Kier alpha value is -1.40. The van der Waals surface area contributed by atoms with E-state index in [4.69, 9.17) is 0 Å². The van der Waals surface area contributed by atoms with Gasteiger partial charge in [-0.2, -0.15) is 0 Å². The molecule has 0 aromatic heterocycles. The van der Waals surface area contributed by atoms with Gasteiger partial charge in [-0.3, -0.25) is 10.1 Å². The third kappa shape index (κ3) is 2.33. The van der Waals surface area contributed by atoms with Gasteiger partial charge in [0.2, 0.25) is 5.54 Å². The lowest BCUT2D eigenvalue weighted by Crippen LogP contribution is -2.44. The Morgan fingerprint density at radius 1 is 1.33 bits per heavy atom. The highest BCUT2D eigenvalue weighted by Crippen LogP contribution is 2.16. The molecule has 7 nitrogen and oxygen atoms in total. The van der Waals surface area contributed by atoms with E-state index < -0.39 is 21.7 Å². The molecule has 0 aliphatic heterocycles. The average molecular weight is 178 g/mol. The van der Waals surface area contributed by atoms with E-state index >= 15 is 0 Å². The molecule has 0 spiro atoms. The minimum atomic E-state index is -1.45. The van der Waals surface area contributed by atoms with Gasteiger partial charge in [0.1, 0.15) is 0 Å². The minimum absolute atomic E-state index is 0.610. The molecule has 0 aliphatic carbocycles. The molecule has 0 aromatic rings. The van der Waals surface area contributed by atoms with Crippen LogP contribution < -0.4 is 0 Å². The number of rotatable bonds is 4. The number of nitrogens with zero attached hydrogens (tertiary/aromatic N) is 2. The van der Waals surface area contributed by atoms with E-state index in [1.165, 1.54) is 20.8 Å². The third-order valence-corrected chi connectivity index (χ3v) is 1.71. The first-order valence-corrected chi connectivity index (χ1v) is 3.24. The summed E-state index contributed by atoms with van der Waals surface area (Å²) >= 11 is 0. The van der Waals surface area contributed by atoms with Gasteiger partial charge in [-0.15, -0.1) is 10.1 Å². The summed E-state index contributed by atoms with van der Waals surface area (Å²) in [6, 6.07) is 0. The van der Waals surface area contributed by atoms with E-state index in [1.54, 1.807) is 0 Å². The first-order valence-electron chi connectivity index (χ1n) is 3.24. The van der Waals surface area contributed by atoms with E-state index in [0.717, 1.165) is 0 Å². The van der Waals surface area contributed by atoms with E-state index in [2.05, 4.69) is 4.84 Å². The first-order chi connectivity index (χ1) is 5.28. The summed E-state index contributed by atoms with van der Waals surface area (Å²) in [5.74, 6) is 0. The molecule has 0 heterocycles. The SMILES string of the molecule is CC(O[N+](=O)[O-])C(C)(C)[N+](=O)[O-]. The Balaban J connectivity index is 4.35. The molecule has 0 aliphatic rings. The Kier molecular flexibility index (Phi) is 2.94. The zero-order chi connectivity index (χ0) is 9.94. The maximum atomic E-state index is 10.3. The quantitative estimate of drug-likeness (QED) is 0.464. The molecule has 0 aromatic carbocycles. The summed E-state index contributed by atoms with van der Waals surface area (Å²) in [5.41, 5.74) is -1.45. The maximum Gasteiger partial charge on any atom is 0.295 e. The van der Waals surface area contributed by atoms with Crippen molar-refractivity contribution in [3.63, 3.8) is 0 Å². The van der Waals surface area contributed by atoms with Crippen LogP contribution in [0.2, 0.25) is 0 Å².